The molecule has 0 fully saturated rings. The third-order valence-corrected chi connectivity index (χ3v) is 6.52. The lowest BCUT2D eigenvalue weighted by atomic mass is 10.3. The maximum atomic E-state index is 13.2. The van der Waals surface area contributed by atoms with Gasteiger partial charge in [0.15, 0.2) is 0 Å². The number of anilines is 2. The lowest BCUT2D eigenvalue weighted by molar-refractivity contribution is -0.116. The molecule has 0 unspecified atom stereocenters. The van der Waals surface area contributed by atoms with Crippen molar-refractivity contribution in [1.82, 2.24) is 4.31 Å². The molecule has 0 aliphatic rings. The Balaban J connectivity index is 2.31. The van der Waals surface area contributed by atoms with Gasteiger partial charge in [0, 0.05) is 18.5 Å². The molecule has 0 heterocycles. The van der Waals surface area contributed by atoms with Gasteiger partial charge >= 0.3 is 0 Å². The van der Waals surface area contributed by atoms with Gasteiger partial charge in [0.2, 0.25) is 21.8 Å². The highest BCUT2D eigenvalue weighted by Gasteiger charge is 2.27. The summed E-state index contributed by atoms with van der Waals surface area (Å²) in [5.74, 6) is -0.641. The summed E-state index contributed by atoms with van der Waals surface area (Å²) in [6, 6.07) is 8.67. The van der Waals surface area contributed by atoms with E-state index >= 15 is 0 Å². The Kier molecular flexibility index (Phi) is 8.69. The fourth-order valence-electron chi connectivity index (χ4n) is 2.76. The highest BCUT2D eigenvalue weighted by atomic mass is 35.5. The summed E-state index contributed by atoms with van der Waals surface area (Å²) in [6.45, 7) is 2.78. The molecule has 0 spiro atoms. The largest absolute Gasteiger partial charge is 0.495 e. The number of methoxy groups -OCH3 is 1. The number of hydrogen-bond acceptors (Lipinski definition) is 5. The van der Waals surface area contributed by atoms with Crippen LogP contribution in [-0.4, -0.2) is 44.7 Å². The molecule has 0 saturated carbocycles. The Bertz CT molecular complexity index is 1080. The summed E-state index contributed by atoms with van der Waals surface area (Å²) >= 11 is 12.0. The summed E-state index contributed by atoms with van der Waals surface area (Å²) in [7, 11) is -2.64. The number of amides is 2. The number of ether oxygens (including phenoxy) is 1. The van der Waals surface area contributed by atoms with Gasteiger partial charge in [0.25, 0.3) is 0 Å². The number of carbonyl (C=O) groups is 2. The molecule has 0 aliphatic heterocycles. The van der Waals surface area contributed by atoms with E-state index in [1.54, 1.807) is 13.0 Å². The molecule has 2 aromatic carbocycles. The van der Waals surface area contributed by atoms with E-state index in [4.69, 9.17) is 27.9 Å². The number of hydrogen-bond donors (Lipinski definition) is 2. The number of sulfonamides is 1. The van der Waals surface area contributed by atoms with Gasteiger partial charge in [0.05, 0.1) is 34.9 Å². The van der Waals surface area contributed by atoms with E-state index in [1.165, 1.54) is 44.4 Å². The molecule has 8 nitrogen and oxygen atoms in total. The zero-order chi connectivity index (χ0) is 23.2. The molecule has 0 bridgehead atoms. The van der Waals surface area contributed by atoms with Crippen LogP contribution < -0.4 is 15.4 Å². The van der Waals surface area contributed by atoms with Crippen molar-refractivity contribution in [1.29, 1.82) is 0 Å². The van der Waals surface area contributed by atoms with Gasteiger partial charge in [-0.05, 0) is 42.8 Å². The number of carbonyl (C=O) groups excluding carboxylic acids is 2. The highest BCUT2D eigenvalue weighted by molar-refractivity contribution is 7.89. The Labute approximate surface area is 191 Å². The molecule has 0 aromatic heterocycles. The first-order valence-corrected chi connectivity index (χ1v) is 11.5. The van der Waals surface area contributed by atoms with Crippen molar-refractivity contribution in [3.8, 4) is 5.75 Å². The van der Waals surface area contributed by atoms with Gasteiger partial charge in [-0.3, -0.25) is 9.59 Å². The third kappa shape index (κ3) is 6.57. The Hall–Kier alpha value is -2.33. The van der Waals surface area contributed by atoms with E-state index in [-0.39, 0.29) is 33.7 Å². The third-order valence-electron chi connectivity index (χ3n) is 4.11. The Morgan fingerprint density at radius 3 is 2.39 bits per heavy atom. The molecule has 168 valence electrons. The SMILES string of the molecule is CCCN(CC(=O)Nc1cc(Cl)ccc1Cl)S(=O)(=O)c1ccc(OC)c(NC(C)=O)c1. The summed E-state index contributed by atoms with van der Waals surface area (Å²) in [5.41, 5.74) is 0.494. The van der Waals surface area contributed by atoms with Crippen LogP contribution in [0.15, 0.2) is 41.3 Å². The fraction of sp³-hybridized carbons (Fsp3) is 0.300. The minimum atomic E-state index is -4.05. The van der Waals surface area contributed by atoms with Gasteiger partial charge in [-0.1, -0.05) is 30.1 Å². The van der Waals surface area contributed by atoms with Gasteiger partial charge in [-0.25, -0.2) is 8.42 Å². The quantitative estimate of drug-likeness (QED) is 0.555. The zero-order valence-corrected chi connectivity index (χ0v) is 19.6. The van der Waals surface area contributed by atoms with Crippen molar-refractivity contribution >= 4 is 56.4 Å². The average Bonchev–Trinajstić information content (AvgIpc) is 2.70. The standard InChI is InChI=1S/C20H23Cl2N3O5S/c1-4-9-25(12-20(27)24-17-10-14(21)5-7-16(17)22)31(28,29)15-6-8-19(30-3)18(11-15)23-13(2)26/h5-8,10-11H,4,9,12H2,1-3H3,(H,23,26)(H,24,27). The summed E-state index contributed by atoms with van der Waals surface area (Å²) in [4.78, 5) is 23.9. The molecule has 11 heteroatoms. The Morgan fingerprint density at radius 1 is 1.06 bits per heavy atom. The fourth-order valence-corrected chi connectivity index (χ4v) is 4.61. The van der Waals surface area contributed by atoms with Crippen molar-refractivity contribution in [2.24, 2.45) is 0 Å². The van der Waals surface area contributed by atoms with Crippen molar-refractivity contribution in [2.75, 3.05) is 30.8 Å². The number of nitrogens with one attached hydrogen (secondary N) is 2. The summed E-state index contributed by atoms with van der Waals surface area (Å²) < 4.78 is 32.6. The first-order valence-electron chi connectivity index (χ1n) is 9.29. The molecule has 0 saturated heterocycles. The molecular weight excluding hydrogens is 465 g/mol. The molecule has 0 radical (unpaired) electrons. The first kappa shape index (κ1) is 24.9. The van der Waals surface area contributed by atoms with Crippen LogP contribution in [0.25, 0.3) is 0 Å². The van der Waals surface area contributed by atoms with Gasteiger partial charge in [-0.2, -0.15) is 4.31 Å². The lowest BCUT2D eigenvalue weighted by Crippen LogP contribution is -2.38. The number of nitrogens with zero attached hydrogens (tertiary/aromatic N) is 1. The van der Waals surface area contributed by atoms with Crippen LogP contribution in [0, 0.1) is 0 Å². The highest BCUT2D eigenvalue weighted by Crippen LogP contribution is 2.29. The van der Waals surface area contributed by atoms with E-state index in [2.05, 4.69) is 10.6 Å². The summed E-state index contributed by atoms with van der Waals surface area (Å²) in [5, 5.41) is 5.77. The van der Waals surface area contributed by atoms with Gasteiger partial charge < -0.3 is 15.4 Å². The van der Waals surface area contributed by atoms with Crippen molar-refractivity contribution in [2.45, 2.75) is 25.2 Å². The smallest absolute Gasteiger partial charge is 0.243 e. The topological polar surface area (TPSA) is 105 Å². The lowest BCUT2D eigenvalue weighted by Gasteiger charge is -2.22. The molecular formula is C20H23Cl2N3O5S. The van der Waals surface area contributed by atoms with E-state index in [0.29, 0.717) is 17.2 Å². The van der Waals surface area contributed by atoms with Crippen molar-refractivity contribution in [3.63, 3.8) is 0 Å². The monoisotopic (exact) mass is 487 g/mol. The van der Waals surface area contributed by atoms with Crippen LogP contribution in [-0.2, 0) is 19.6 Å². The second kappa shape index (κ2) is 10.8. The molecule has 0 atom stereocenters. The van der Waals surface area contributed by atoms with Crippen molar-refractivity contribution in [3.05, 3.63) is 46.4 Å². The van der Waals surface area contributed by atoms with Crippen LogP contribution in [0.3, 0.4) is 0 Å². The maximum Gasteiger partial charge on any atom is 0.243 e. The van der Waals surface area contributed by atoms with Crippen LogP contribution >= 0.6 is 23.2 Å². The predicted octanol–water partition coefficient (Wildman–Crippen LogP) is 4.00. The predicted molar refractivity (Wildman–Crippen MR) is 121 cm³/mol. The minimum absolute atomic E-state index is 0.0842. The summed E-state index contributed by atoms with van der Waals surface area (Å²) in [6.07, 6.45) is 0.485. The zero-order valence-electron chi connectivity index (χ0n) is 17.2. The molecule has 31 heavy (non-hydrogen) atoms. The second-order valence-corrected chi connectivity index (χ2v) is 9.34. The van der Waals surface area contributed by atoms with Crippen LogP contribution in [0.5, 0.6) is 5.75 Å². The number of halogens is 2. The van der Waals surface area contributed by atoms with Gasteiger partial charge in [-0.15, -0.1) is 0 Å². The molecule has 2 rings (SSSR count). The maximum absolute atomic E-state index is 13.2. The Morgan fingerprint density at radius 2 is 1.77 bits per heavy atom. The number of benzene rings is 2. The normalized spacial score (nSPS) is 11.3. The molecule has 2 N–H and O–H groups in total. The van der Waals surface area contributed by atoms with Crippen LogP contribution in [0.4, 0.5) is 11.4 Å². The first-order chi connectivity index (χ1) is 14.6. The van der Waals surface area contributed by atoms with Crippen molar-refractivity contribution < 1.29 is 22.7 Å². The van der Waals surface area contributed by atoms with Crippen LogP contribution in [0.1, 0.15) is 20.3 Å². The second-order valence-electron chi connectivity index (χ2n) is 6.55. The molecule has 0 aliphatic carbocycles. The molecule has 2 aromatic rings. The van der Waals surface area contributed by atoms with E-state index in [1.807, 2.05) is 0 Å². The van der Waals surface area contributed by atoms with E-state index in [0.717, 1.165) is 4.31 Å². The minimum Gasteiger partial charge on any atom is -0.495 e. The van der Waals surface area contributed by atoms with E-state index in [9.17, 15) is 18.0 Å². The van der Waals surface area contributed by atoms with E-state index < -0.39 is 22.5 Å². The molecule has 2 amide bonds. The van der Waals surface area contributed by atoms with Gasteiger partial charge in [0.1, 0.15) is 5.75 Å². The van der Waals surface area contributed by atoms with Crippen LogP contribution in [0.2, 0.25) is 10.0 Å². The average molecular weight is 488 g/mol. The number of rotatable bonds is 9.